The molecular formula is C15H14ClN5O2S. The van der Waals surface area contributed by atoms with Gasteiger partial charge in [-0.25, -0.2) is 4.68 Å². The number of carbonyl (C=O) groups excluding carboxylic acids is 1. The summed E-state index contributed by atoms with van der Waals surface area (Å²) in [6.07, 6.45) is 1.56. The molecule has 1 amide bonds. The number of nitrogen functional groups attached to an aromatic ring is 1. The van der Waals surface area contributed by atoms with Gasteiger partial charge in [0.05, 0.1) is 18.6 Å². The van der Waals surface area contributed by atoms with E-state index in [1.807, 2.05) is 6.07 Å². The van der Waals surface area contributed by atoms with Crippen molar-refractivity contribution >= 4 is 29.3 Å². The molecule has 0 aliphatic rings. The van der Waals surface area contributed by atoms with Gasteiger partial charge in [-0.3, -0.25) is 4.79 Å². The van der Waals surface area contributed by atoms with E-state index >= 15 is 0 Å². The van der Waals surface area contributed by atoms with Crippen LogP contribution in [0.3, 0.4) is 0 Å². The van der Waals surface area contributed by atoms with Gasteiger partial charge < -0.3 is 15.6 Å². The summed E-state index contributed by atoms with van der Waals surface area (Å²) in [5.74, 6) is 7.20. The summed E-state index contributed by atoms with van der Waals surface area (Å²) in [7, 11) is 0. The van der Waals surface area contributed by atoms with Crippen molar-refractivity contribution in [3.8, 4) is 11.4 Å². The van der Waals surface area contributed by atoms with Crippen molar-refractivity contribution in [2.24, 2.45) is 0 Å². The average Bonchev–Trinajstić information content (AvgIpc) is 3.21. The fraction of sp³-hybridized carbons (Fsp3) is 0.133. The second-order valence-corrected chi connectivity index (χ2v) is 6.21. The number of halogens is 1. The van der Waals surface area contributed by atoms with Gasteiger partial charge in [0.25, 0.3) is 0 Å². The molecule has 0 bridgehead atoms. The van der Waals surface area contributed by atoms with Gasteiger partial charge in [0.15, 0.2) is 5.82 Å². The first-order chi connectivity index (χ1) is 11.6. The van der Waals surface area contributed by atoms with Crippen molar-refractivity contribution in [2.45, 2.75) is 11.7 Å². The molecule has 2 heterocycles. The summed E-state index contributed by atoms with van der Waals surface area (Å²) in [6.45, 7) is 0.343. The Morgan fingerprint density at radius 1 is 1.33 bits per heavy atom. The minimum absolute atomic E-state index is 0.149. The molecule has 0 aliphatic heterocycles. The first-order valence-electron chi connectivity index (χ1n) is 7.02. The minimum atomic E-state index is -0.149. The third-order valence-corrected chi connectivity index (χ3v) is 4.30. The number of aromatic nitrogens is 3. The molecule has 24 heavy (non-hydrogen) atoms. The third kappa shape index (κ3) is 3.90. The maximum Gasteiger partial charge on any atom is 0.230 e. The Hall–Kier alpha value is -2.45. The number of benzene rings is 1. The normalized spacial score (nSPS) is 10.7. The van der Waals surface area contributed by atoms with E-state index in [9.17, 15) is 4.79 Å². The SMILES string of the molecule is Nn1c(SCC(=O)NCc2ccco2)nnc1-c1cccc(Cl)c1. The Kier molecular flexibility index (Phi) is 5.07. The van der Waals surface area contributed by atoms with E-state index in [0.717, 1.165) is 5.56 Å². The summed E-state index contributed by atoms with van der Waals surface area (Å²) < 4.78 is 6.49. The molecule has 0 saturated carbocycles. The molecule has 0 radical (unpaired) electrons. The van der Waals surface area contributed by atoms with Crippen LogP contribution in [-0.4, -0.2) is 26.5 Å². The Labute approximate surface area is 147 Å². The van der Waals surface area contributed by atoms with Crippen LogP contribution in [-0.2, 0) is 11.3 Å². The topological polar surface area (TPSA) is 99.0 Å². The van der Waals surface area contributed by atoms with Crippen LogP contribution in [0.25, 0.3) is 11.4 Å². The molecule has 0 atom stereocenters. The second-order valence-electron chi connectivity index (χ2n) is 4.83. The lowest BCUT2D eigenvalue weighted by Gasteiger charge is -2.05. The van der Waals surface area contributed by atoms with E-state index in [-0.39, 0.29) is 11.7 Å². The van der Waals surface area contributed by atoms with Gasteiger partial charge in [-0.2, -0.15) is 0 Å². The molecule has 3 aromatic rings. The summed E-state index contributed by atoms with van der Waals surface area (Å²) in [4.78, 5) is 11.9. The van der Waals surface area contributed by atoms with E-state index in [2.05, 4.69) is 15.5 Å². The standard InChI is InChI=1S/C15H14ClN5O2S/c16-11-4-1-3-10(7-11)14-19-20-15(21(14)17)24-9-13(22)18-8-12-5-2-6-23-12/h1-7H,8-9,17H2,(H,18,22). The number of carbonyl (C=O) groups is 1. The van der Waals surface area contributed by atoms with Crippen LogP contribution in [0.15, 0.2) is 52.2 Å². The monoisotopic (exact) mass is 363 g/mol. The number of nitrogens with two attached hydrogens (primary N) is 1. The third-order valence-electron chi connectivity index (χ3n) is 3.12. The molecule has 0 aliphatic carbocycles. The highest BCUT2D eigenvalue weighted by Crippen LogP contribution is 2.23. The molecule has 0 unspecified atom stereocenters. The Morgan fingerprint density at radius 2 is 2.21 bits per heavy atom. The molecular weight excluding hydrogens is 350 g/mol. The highest BCUT2D eigenvalue weighted by molar-refractivity contribution is 7.99. The zero-order valence-corrected chi connectivity index (χ0v) is 14.0. The van der Waals surface area contributed by atoms with Crippen molar-refractivity contribution in [1.82, 2.24) is 20.2 Å². The van der Waals surface area contributed by atoms with E-state index < -0.39 is 0 Å². The lowest BCUT2D eigenvalue weighted by molar-refractivity contribution is -0.118. The number of nitrogens with one attached hydrogen (secondary N) is 1. The Morgan fingerprint density at radius 3 is 2.96 bits per heavy atom. The van der Waals surface area contributed by atoms with Gasteiger partial charge >= 0.3 is 0 Å². The van der Waals surface area contributed by atoms with Gasteiger partial charge in [-0.1, -0.05) is 35.5 Å². The summed E-state index contributed by atoms with van der Waals surface area (Å²) >= 11 is 7.17. The average molecular weight is 364 g/mol. The van der Waals surface area contributed by atoms with Gasteiger partial charge in [-0.15, -0.1) is 10.2 Å². The quantitative estimate of drug-likeness (QED) is 0.515. The molecule has 3 rings (SSSR count). The van der Waals surface area contributed by atoms with Crippen molar-refractivity contribution in [3.63, 3.8) is 0 Å². The molecule has 0 spiro atoms. The predicted molar refractivity (Wildman–Crippen MR) is 91.9 cm³/mol. The molecule has 9 heteroatoms. The lowest BCUT2D eigenvalue weighted by Crippen LogP contribution is -2.24. The van der Waals surface area contributed by atoms with Crippen LogP contribution in [0.1, 0.15) is 5.76 Å². The van der Waals surface area contributed by atoms with E-state index in [1.165, 1.54) is 16.4 Å². The van der Waals surface area contributed by atoms with Crippen molar-refractivity contribution < 1.29 is 9.21 Å². The Bertz CT molecular complexity index is 834. The number of hydrogen-bond acceptors (Lipinski definition) is 6. The van der Waals surface area contributed by atoms with Crippen molar-refractivity contribution in [1.29, 1.82) is 0 Å². The molecule has 1 aromatic carbocycles. The van der Waals surface area contributed by atoms with Crippen LogP contribution in [0, 0.1) is 0 Å². The molecule has 7 nitrogen and oxygen atoms in total. The first-order valence-corrected chi connectivity index (χ1v) is 8.38. The lowest BCUT2D eigenvalue weighted by atomic mass is 10.2. The zero-order valence-electron chi connectivity index (χ0n) is 12.5. The van der Waals surface area contributed by atoms with Crippen LogP contribution >= 0.6 is 23.4 Å². The zero-order chi connectivity index (χ0) is 16.9. The summed E-state index contributed by atoms with van der Waals surface area (Å²) in [5.41, 5.74) is 0.756. The summed E-state index contributed by atoms with van der Waals surface area (Å²) in [6, 6.07) is 10.7. The van der Waals surface area contributed by atoms with Crippen molar-refractivity contribution in [2.75, 3.05) is 11.6 Å². The summed E-state index contributed by atoms with van der Waals surface area (Å²) in [5, 5.41) is 11.8. The predicted octanol–water partition coefficient (Wildman–Crippen LogP) is 2.31. The molecule has 2 aromatic heterocycles. The van der Waals surface area contributed by atoms with Gasteiger partial charge in [0, 0.05) is 10.6 Å². The number of rotatable bonds is 6. The largest absolute Gasteiger partial charge is 0.467 e. The van der Waals surface area contributed by atoms with E-state index in [1.54, 1.807) is 36.6 Å². The number of furan rings is 1. The van der Waals surface area contributed by atoms with Crippen LogP contribution in [0.4, 0.5) is 0 Å². The van der Waals surface area contributed by atoms with Gasteiger partial charge in [-0.05, 0) is 24.3 Å². The maximum atomic E-state index is 11.9. The number of amides is 1. The highest BCUT2D eigenvalue weighted by atomic mass is 35.5. The highest BCUT2D eigenvalue weighted by Gasteiger charge is 2.14. The van der Waals surface area contributed by atoms with E-state index in [4.69, 9.17) is 21.9 Å². The Balaban J connectivity index is 1.59. The van der Waals surface area contributed by atoms with Gasteiger partial charge in [0.2, 0.25) is 11.1 Å². The second kappa shape index (κ2) is 7.41. The minimum Gasteiger partial charge on any atom is -0.467 e. The maximum absolute atomic E-state index is 11.9. The van der Waals surface area contributed by atoms with Crippen LogP contribution < -0.4 is 11.2 Å². The van der Waals surface area contributed by atoms with Crippen LogP contribution in [0.2, 0.25) is 5.02 Å². The number of hydrogen-bond donors (Lipinski definition) is 2. The fourth-order valence-electron chi connectivity index (χ4n) is 1.98. The van der Waals surface area contributed by atoms with Gasteiger partial charge in [0.1, 0.15) is 5.76 Å². The number of nitrogens with zero attached hydrogens (tertiary/aromatic N) is 3. The molecule has 3 N–H and O–H groups in total. The smallest absolute Gasteiger partial charge is 0.230 e. The molecule has 0 saturated heterocycles. The fourth-order valence-corrected chi connectivity index (χ4v) is 2.86. The molecule has 124 valence electrons. The number of thioether (sulfide) groups is 1. The van der Waals surface area contributed by atoms with Crippen molar-refractivity contribution in [3.05, 3.63) is 53.4 Å². The first kappa shape index (κ1) is 16.4. The van der Waals surface area contributed by atoms with E-state index in [0.29, 0.717) is 28.3 Å². The molecule has 0 fully saturated rings. The van der Waals surface area contributed by atoms with Crippen LogP contribution in [0.5, 0.6) is 0 Å².